The average molecular weight is 194 g/mol. The molecule has 1 aromatic rings. The molecule has 0 fully saturated rings. The summed E-state index contributed by atoms with van der Waals surface area (Å²) in [7, 11) is 3.98. The molecule has 0 aliphatic heterocycles. The van der Waals surface area contributed by atoms with Gasteiger partial charge < -0.3 is 10.6 Å². The van der Waals surface area contributed by atoms with E-state index in [-0.39, 0.29) is 0 Å². The summed E-state index contributed by atoms with van der Waals surface area (Å²) in [6.07, 6.45) is 0. The molecule has 1 aromatic carbocycles. The van der Waals surface area contributed by atoms with Crippen LogP contribution in [0.1, 0.15) is 11.1 Å². The smallest absolute Gasteiger partial charge is 0.106 e. The average Bonchev–Trinajstić information content (AvgIpc) is 2.02. The third-order valence-corrected chi connectivity index (χ3v) is 2.17. The van der Waals surface area contributed by atoms with Crippen LogP contribution in [0.5, 0.6) is 0 Å². The Balaban J connectivity index is 3.34. The van der Waals surface area contributed by atoms with Crippen molar-refractivity contribution in [3.05, 3.63) is 29.3 Å². The second-order valence-corrected chi connectivity index (χ2v) is 3.67. The zero-order valence-corrected chi connectivity index (χ0v) is 8.98. The van der Waals surface area contributed by atoms with E-state index < -0.39 is 0 Å². The second kappa shape index (κ2) is 3.75. The Hall–Kier alpha value is -1.09. The van der Waals surface area contributed by atoms with Crippen LogP contribution in [0.15, 0.2) is 18.2 Å². The van der Waals surface area contributed by atoms with Gasteiger partial charge in [-0.15, -0.1) is 0 Å². The van der Waals surface area contributed by atoms with Crippen molar-refractivity contribution in [3.8, 4) is 0 Å². The zero-order valence-electron chi connectivity index (χ0n) is 8.16. The highest BCUT2D eigenvalue weighted by atomic mass is 32.1. The molecule has 0 aromatic heterocycles. The Bertz CT molecular complexity index is 332. The van der Waals surface area contributed by atoms with Crippen LogP contribution >= 0.6 is 12.2 Å². The zero-order chi connectivity index (χ0) is 10.0. The monoisotopic (exact) mass is 194 g/mol. The van der Waals surface area contributed by atoms with Gasteiger partial charge in [0.05, 0.1) is 0 Å². The van der Waals surface area contributed by atoms with Crippen LogP contribution in [-0.2, 0) is 0 Å². The summed E-state index contributed by atoms with van der Waals surface area (Å²) in [4.78, 5) is 2.48. The Kier molecular flexibility index (Phi) is 2.88. The van der Waals surface area contributed by atoms with E-state index in [1.54, 1.807) is 0 Å². The molecule has 0 radical (unpaired) electrons. The maximum Gasteiger partial charge on any atom is 0.106 e. The first-order valence-corrected chi connectivity index (χ1v) is 4.51. The van der Waals surface area contributed by atoms with Gasteiger partial charge in [0.1, 0.15) is 4.99 Å². The molecule has 13 heavy (non-hydrogen) atoms. The van der Waals surface area contributed by atoms with E-state index in [0.717, 1.165) is 11.3 Å². The van der Waals surface area contributed by atoms with E-state index >= 15 is 0 Å². The van der Waals surface area contributed by atoms with E-state index in [2.05, 4.69) is 13.0 Å². The summed E-state index contributed by atoms with van der Waals surface area (Å²) < 4.78 is 0. The number of nitrogens with two attached hydrogens (primary N) is 1. The molecule has 0 unspecified atom stereocenters. The first kappa shape index (κ1) is 9.99. The van der Waals surface area contributed by atoms with Gasteiger partial charge in [0.2, 0.25) is 0 Å². The first-order chi connectivity index (χ1) is 6.04. The number of nitrogens with zero attached hydrogens (tertiary/aromatic N) is 1. The predicted molar refractivity (Wildman–Crippen MR) is 61.4 cm³/mol. The lowest BCUT2D eigenvalue weighted by atomic mass is 10.1. The second-order valence-electron chi connectivity index (χ2n) is 3.23. The van der Waals surface area contributed by atoms with Gasteiger partial charge in [-0.05, 0) is 18.6 Å². The van der Waals surface area contributed by atoms with Gasteiger partial charge in [0.15, 0.2) is 0 Å². The van der Waals surface area contributed by atoms with Crippen molar-refractivity contribution >= 4 is 22.9 Å². The Labute approximate surface area is 84.3 Å². The van der Waals surface area contributed by atoms with Gasteiger partial charge >= 0.3 is 0 Å². The summed E-state index contributed by atoms with van der Waals surface area (Å²) in [5, 5.41) is 0. The van der Waals surface area contributed by atoms with Crippen LogP contribution in [0.2, 0.25) is 0 Å². The van der Waals surface area contributed by atoms with Crippen LogP contribution in [-0.4, -0.2) is 19.1 Å². The number of thiocarbonyl (C=S) groups is 1. The molecule has 70 valence electrons. The van der Waals surface area contributed by atoms with Crippen molar-refractivity contribution in [1.82, 2.24) is 0 Å². The summed E-state index contributed by atoms with van der Waals surface area (Å²) in [6.45, 7) is 2.05. The Morgan fingerprint density at radius 1 is 1.38 bits per heavy atom. The molecule has 0 aliphatic carbocycles. The molecule has 2 N–H and O–H groups in total. The molecule has 0 atom stereocenters. The SMILES string of the molecule is Cc1cccc(C(N)=S)c1N(C)C. The molecule has 0 saturated heterocycles. The van der Waals surface area contributed by atoms with Gasteiger partial charge in [0.25, 0.3) is 0 Å². The lowest BCUT2D eigenvalue weighted by Crippen LogP contribution is -2.18. The van der Waals surface area contributed by atoms with Gasteiger partial charge in [-0.2, -0.15) is 0 Å². The van der Waals surface area contributed by atoms with Crippen LogP contribution in [0, 0.1) is 6.92 Å². The number of benzene rings is 1. The fourth-order valence-corrected chi connectivity index (χ4v) is 1.62. The minimum Gasteiger partial charge on any atom is -0.389 e. The van der Waals surface area contributed by atoms with Crippen molar-refractivity contribution in [2.24, 2.45) is 5.73 Å². The van der Waals surface area contributed by atoms with Crippen LogP contribution in [0.3, 0.4) is 0 Å². The maximum absolute atomic E-state index is 5.63. The van der Waals surface area contributed by atoms with E-state index in [1.807, 2.05) is 31.1 Å². The molecule has 0 amide bonds. The fraction of sp³-hybridized carbons (Fsp3) is 0.300. The summed E-state index contributed by atoms with van der Waals surface area (Å²) >= 11 is 4.98. The highest BCUT2D eigenvalue weighted by Crippen LogP contribution is 2.22. The quantitative estimate of drug-likeness (QED) is 0.727. The standard InChI is InChI=1S/C10H14N2S/c1-7-5-4-6-8(10(11)13)9(7)12(2)3/h4-6H,1-3H3,(H2,11,13). The molecule has 3 heteroatoms. The van der Waals surface area contributed by atoms with Crippen molar-refractivity contribution in [2.75, 3.05) is 19.0 Å². The maximum atomic E-state index is 5.63. The highest BCUT2D eigenvalue weighted by molar-refractivity contribution is 7.80. The number of rotatable bonds is 2. The molecule has 0 saturated carbocycles. The summed E-state index contributed by atoms with van der Waals surface area (Å²) in [5.74, 6) is 0. The minimum absolute atomic E-state index is 0.451. The number of aryl methyl sites for hydroxylation is 1. The first-order valence-electron chi connectivity index (χ1n) is 4.10. The van der Waals surface area contributed by atoms with E-state index in [9.17, 15) is 0 Å². The third kappa shape index (κ3) is 1.98. The summed E-state index contributed by atoms with van der Waals surface area (Å²) in [5.41, 5.74) is 8.87. The van der Waals surface area contributed by atoms with Crippen molar-refractivity contribution < 1.29 is 0 Å². The molecule has 0 spiro atoms. The van der Waals surface area contributed by atoms with Gasteiger partial charge in [-0.25, -0.2) is 0 Å². The number of anilines is 1. The van der Waals surface area contributed by atoms with Crippen LogP contribution < -0.4 is 10.6 Å². The van der Waals surface area contributed by atoms with E-state index in [4.69, 9.17) is 18.0 Å². The number of hydrogen-bond acceptors (Lipinski definition) is 2. The minimum atomic E-state index is 0.451. The van der Waals surface area contributed by atoms with E-state index in [1.165, 1.54) is 5.56 Å². The molecule has 0 bridgehead atoms. The number of para-hydroxylation sites is 1. The van der Waals surface area contributed by atoms with E-state index in [0.29, 0.717) is 4.99 Å². The lowest BCUT2D eigenvalue weighted by Gasteiger charge is -2.19. The van der Waals surface area contributed by atoms with Crippen molar-refractivity contribution in [2.45, 2.75) is 6.92 Å². The van der Waals surface area contributed by atoms with Crippen LogP contribution in [0.4, 0.5) is 5.69 Å². The van der Waals surface area contributed by atoms with Gasteiger partial charge in [0, 0.05) is 25.3 Å². The molecule has 1 rings (SSSR count). The molecule has 0 heterocycles. The largest absolute Gasteiger partial charge is 0.389 e. The number of hydrogen-bond donors (Lipinski definition) is 1. The third-order valence-electron chi connectivity index (χ3n) is 1.95. The van der Waals surface area contributed by atoms with Crippen molar-refractivity contribution in [3.63, 3.8) is 0 Å². The van der Waals surface area contributed by atoms with Crippen molar-refractivity contribution in [1.29, 1.82) is 0 Å². The molecular formula is C10H14N2S. The van der Waals surface area contributed by atoms with Gasteiger partial charge in [-0.3, -0.25) is 0 Å². The topological polar surface area (TPSA) is 29.3 Å². The van der Waals surface area contributed by atoms with Gasteiger partial charge in [-0.1, -0.05) is 24.4 Å². The fourth-order valence-electron chi connectivity index (χ4n) is 1.45. The Morgan fingerprint density at radius 2 is 2.00 bits per heavy atom. The van der Waals surface area contributed by atoms with Crippen LogP contribution in [0.25, 0.3) is 0 Å². The normalized spacial score (nSPS) is 9.77. The lowest BCUT2D eigenvalue weighted by molar-refractivity contribution is 1.11. The molecule has 2 nitrogen and oxygen atoms in total. The summed E-state index contributed by atoms with van der Waals surface area (Å²) in [6, 6.07) is 5.97. The molecular weight excluding hydrogens is 180 g/mol. The Morgan fingerprint density at radius 3 is 2.38 bits per heavy atom. The predicted octanol–water partition coefficient (Wildman–Crippen LogP) is 1.70. The molecule has 0 aliphatic rings. The highest BCUT2D eigenvalue weighted by Gasteiger charge is 2.08.